The maximum atomic E-state index is 13.4. The van der Waals surface area contributed by atoms with Crippen LogP contribution in [0.1, 0.15) is 20.7 Å². The zero-order valence-corrected chi connectivity index (χ0v) is 31.6. The maximum Gasteiger partial charge on any atom is 0.345 e. The van der Waals surface area contributed by atoms with Crippen LogP contribution in [0.3, 0.4) is 0 Å². The van der Waals surface area contributed by atoms with Crippen molar-refractivity contribution in [3.05, 3.63) is 80.1 Å². The van der Waals surface area contributed by atoms with Crippen molar-refractivity contribution < 1.29 is 19.1 Å². The number of halogens is 10. The number of ether oxygens (including phenoxy) is 2. The molecule has 0 aromatic heterocycles. The quantitative estimate of drug-likeness (QED) is 0.113. The molecule has 0 aliphatic rings. The standard InChI is InChI=1S/C20H4Br10O4/c21-5-1-3-7(13(25)11(5)23)33-19(31)9-10(16(28)18(30)17(29)15(9)27)20(32)34-8-4-2-6(22)12(24)14(8)26/h1-4H. The highest BCUT2D eigenvalue weighted by Gasteiger charge is 2.31. The summed E-state index contributed by atoms with van der Waals surface area (Å²) >= 11 is 34.1. The Morgan fingerprint density at radius 3 is 1.09 bits per heavy atom. The predicted molar refractivity (Wildman–Crippen MR) is 166 cm³/mol. The van der Waals surface area contributed by atoms with Gasteiger partial charge in [-0.2, -0.15) is 0 Å². The molecule has 0 aliphatic carbocycles. The lowest BCUT2D eigenvalue weighted by molar-refractivity contribution is 0.0688. The van der Waals surface area contributed by atoms with Gasteiger partial charge in [-0.15, -0.1) is 0 Å². The van der Waals surface area contributed by atoms with Crippen LogP contribution in [0.4, 0.5) is 0 Å². The first-order valence-corrected chi connectivity index (χ1v) is 16.4. The molecule has 0 aliphatic heterocycles. The molecule has 0 radical (unpaired) electrons. The molecule has 14 heteroatoms. The minimum absolute atomic E-state index is 0.0369. The molecule has 0 heterocycles. The summed E-state index contributed by atoms with van der Waals surface area (Å²) < 4.78 is 16.8. The van der Waals surface area contributed by atoms with Crippen LogP contribution in [0.5, 0.6) is 11.5 Å². The molecule has 0 atom stereocenters. The molecule has 0 fully saturated rings. The zero-order valence-electron chi connectivity index (χ0n) is 15.7. The molecule has 0 spiro atoms. The van der Waals surface area contributed by atoms with Crippen molar-refractivity contribution >= 4 is 171 Å². The van der Waals surface area contributed by atoms with E-state index in [1.165, 1.54) is 0 Å². The van der Waals surface area contributed by atoms with Crippen molar-refractivity contribution in [3.63, 3.8) is 0 Å². The summed E-state index contributed by atoms with van der Waals surface area (Å²) in [5.74, 6) is -1.06. The second-order valence-electron chi connectivity index (χ2n) is 6.13. The van der Waals surface area contributed by atoms with Crippen molar-refractivity contribution in [1.82, 2.24) is 0 Å². The van der Waals surface area contributed by atoms with E-state index in [2.05, 4.69) is 159 Å². The third-order valence-corrected chi connectivity index (χ3v) is 15.5. The van der Waals surface area contributed by atoms with Crippen molar-refractivity contribution in [2.75, 3.05) is 0 Å². The Morgan fingerprint density at radius 2 is 0.765 bits per heavy atom. The Labute approximate surface area is 278 Å². The molecule has 3 aromatic rings. The number of esters is 2. The Bertz CT molecular complexity index is 1250. The van der Waals surface area contributed by atoms with Gasteiger partial charge in [0.15, 0.2) is 0 Å². The molecule has 0 bridgehead atoms. The molecular weight excluding hydrogens is 1100 g/mol. The fourth-order valence-electron chi connectivity index (χ4n) is 2.49. The van der Waals surface area contributed by atoms with Gasteiger partial charge in [0.1, 0.15) is 11.5 Å². The summed E-state index contributed by atoms with van der Waals surface area (Å²) in [7, 11) is 0. The van der Waals surface area contributed by atoms with Crippen molar-refractivity contribution in [3.8, 4) is 11.5 Å². The van der Waals surface area contributed by atoms with Crippen LogP contribution < -0.4 is 9.47 Å². The van der Waals surface area contributed by atoms with Gasteiger partial charge in [-0.3, -0.25) is 0 Å². The van der Waals surface area contributed by atoms with Gasteiger partial charge in [-0.05, 0) is 184 Å². The highest BCUT2D eigenvalue weighted by molar-refractivity contribution is 9.15. The summed E-state index contributed by atoms with van der Waals surface area (Å²) in [6.07, 6.45) is 0. The van der Waals surface area contributed by atoms with E-state index in [1.54, 1.807) is 24.3 Å². The lowest BCUT2D eigenvalue weighted by Gasteiger charge is -2.17. The highest BCUT2D eigenvalue weighted by atomic mass is 79.9. The van der Waals surface area contributed by atoms with Gasteiger partial charge in [0.05, 0.1) is 20.1 Å². The molecule has 34 heavy (non-hydrogen) atoms. The van der Waals surface area contributed by atoms with Crippen LogP contribution in [-0.4, -0.2) is 11.9 Å². The molecule has 3 aromatic carbocycles. The van der Waals surface area contributed by atoms with Crippen LogP contribution in [0, 0.1) is 0 Å². The molecule has 0 saturated heterocycles. The molecule has 0 unspecified atom stereocenters. The lowest BCUT2D eigenvalue weighted by atomic mass is 10.1. The first-order valence-electron chi connectivity index (χ1n) is 8.44. The Morgan fingerprint density at radius 1 is 0.441 bits per heavy atom. The number of carbonyl (C=O) groups is 2. The number of hydrogen-bond donors (Lipinski definition) is 0. The third-order valence-electron chi connectivity index (χ3n) is 4.08. The Balaban J connectivity index is 2.12. The minimum atomic E-state index is -0.779. The van der Waals surface area contributed by atoms with Crippen molar-refractivity contribution in [2.24, 2.45) is 0 Å². The van der Waals surface area contributed by atoms with Gasteiger partial charge in [0, 0.05) is 35.8 Å². The van der Waals surface area contributed by atoms with E-state index in [9.17, 15) is 9.59 Å². The monoisotopic (exact) mass is 1100 g/mol. The SMILES string of the molecule is O=C(Oc1ccc(Br)c(Br)c1Br)c1c(Br)c(Br)c(Br)c(Br)c1C(=O)Oc1ccc(Br)c(Br)c1Br. The van der Waals surface area contributed by atoms with E-state index in [4.69, 9.17) is 9.47 Å². The summed E-state index contributed by atoms with van der Waals surface area (Å²) in [4.78, 5) is 26.7. The average Bonchev–Trinajstić information content (AvgIpc) is 2.80. The number of carbonyl (C=O) groups excluding carboxylic acids is 2. The first kappa shape index (κ1) is 29.9. The second kappa shape index (κ2) is 12.5. The molecule has 3 rings (SSSR count). The fraction of sp³-hybridized carbons (Fsp3) is 0. The van der Waals surface area contributed by atoms with E-state index < -0.39 is 11.9 Å². The maximum absolute atomic E-state index is 13.4. The van der Waals surface area contributed by atoms with E-state index in [1.807, 2.05) is 0 Å². The summed E-state index contributed by atoms with van der Waals surface area (Å²) in [5, 5.41) is 0. The van der Waals surface area contributed by atoms with Gasteiger partial charge in [0.25, 0.3) is 0 Å². The summed E-state index contributed by atoms with van der Waals surface area (Å²) in [6.45, 7) is 0. The van der Waals surface area contributed by atoms with Gasteiger partial charge in [-0.1, -0.05) is 0 Å². The van der Waals surface area contributed by atoms with E-state index in [-0.39, 0.29) is 22.6 Å². The van der Waals surface area contributed by atoms with Crippen LogP contribution in [0.25, 0.3) is 0 Å². The largest absolute Gasteiger partial charge is 0.422 e. The molecule has 0 N–H and O–H groups in total. The topological polar surface area (TPSA) is 52.6 Å². The van der Waals surface area contributed by atoms with E-state index in [0.29, 0.717) is 35.8 Å². The van der Waals surface area contributed by atoms with Gasteiger partial charge in [0.2, 0.25) is 0 Å². The molecule has 4 nitrogen and oxygen atoms in total. The van der Waals surface area contributed by atoms with E-state index in [0.717, 1.165) is 8.95 Å². The normalized spacial score (nSPS) is 10.9. The molecule has 0 saturated carbocycles. The third kappa shape index (κ3) is 6.17. The van der Waals surface area contributed by atoms with Crippen LogP contribution in [-0.2, 0) is 0 Å². The van der Waals surface area contributed by atoms with E-state index >= 15 is 0 Å². The van der Waals surface area contributed by atoms with Gasteiger partial charge < -0.3 is 9.47 Å². The van der Waals surface area contributed by atoms with Crippen LogP contribution in [0.2, 0.25) is 0 Å². The second-order valence-corrected chi connectivity index (χ2v) is 14.2. The smallest absolute Gasteiger partial charge is 0.345 e. The van der Waals surface area contributed by atoms with Gasteiger partial charge >= 0.3 is 11.9 Å². The Kier molecular flexibility index (Phi) is 11.0. The average molecular weight is 1110 g/mol. The number of hydrogen-bond acceptors (Lipinski definition) is 4. The molecule has 0 amide bonds. The lowest BCUT2D eigenvalue weighted by Crippen LogP contribution is -2.20. The van der Waals surface area contributed by atoms with Crippen molar-refractivity contribution in [1.29, 1.82) is 0 Å². The number of rotatable bonds is 4. The summed E-state index contributed by atoms with van der Waals surface area (Å²) in [5.41, 5.74) is -0.0737. The summed E-state index contributed by atoms with van der Waals surface area (Å²) in [6, 6.07) is 6.67. The van der Waals surface area contributed by atoms with Crippen molar-refractivity contribution in [2.45, 2.75) is 0 Å². The molecule has 178 valence electrons. The van der Waals surface area contributed by atoms with Crippen LogP contribution in [0.15, 0.2) is 69.0 Å². The number of benzene rings is 3. The highest BCUT2D eigenvalue weighted by Crippen LogP contribution is 2.45. The molecular formula is C20H4Br10O4. The zero-order chi connectivity index (χ0) is 25.5. The fourth-order valence-corrected chi connectivity index (χ4v) is 7.63. The Hall–Kier alpha value is 1.40. The first-order chi connectivity index (χ1) is 15.9. The van der Waals surface area contributed by atoms with Gasteiger partial charge in [-0.25, -0.2) is 9.59 Å². The minimum Gasteiger partial charge on any atom is -0.422 e. The predicted octanol–water partition coefficient (Wildman–Crippen LogP) is 11.7. The van der Waals surface area contributed by atoms with Crippen LogP contribution >= 0.6 is 159 Å².